The molecule has 1 aliphatic carbocycles. The van der Waals surface area contributed by atoms with Crippen LogP contribution in [0, 0.1) is 12.8 Å². The van der Waals surface area contributed by atoms with E-state index in [2.05, 4.69) is 21.9 Å². The second-order valence-electron chi connectivity index (χ2n) is 5.11. The third-order valence-electron chi connectivity index (χ3n) is 3.51. The predicted molar refractivity (Wildman–Crippen MR) is 71.0 cm³/mol. The van der Waals surface area contributed by atoms with E-state index in [1.807, 2.05) is 13.0 Å². The maximum absolute atomic E-state index is 5.68. The molecule has 1 aromatic rings. The Hall–Kier alpha value is -1.32. The van der Waals surface area contributed by atoms with Crippen LogP contribution in [0.4, 0.5) is 11.8 Å². The van der Waals surface area contributed by atoms with Crippen molar-refractivity contribution in [2.24, 2.45) is 5.92 Å². The molecular weight excluding hydrogens is 212 g/mol. The van der Waals surface area contributed by atoms with Crippen LogP contribution in [0.2, 0.25) is 0 Å². The molecule has 2 rings (SSSR count). The molecule has 0 radical (unpaired) electrons. The number of aromatic nitrogens is 2. The first-order valence-corrected chi connectivity index (χ1v) is 6.47. The lowest BCUT2D eigenvalue weighted by Crippen LogP contribution is -2.27. The summed E-state index contributed by atoms with van der Waals surface area (Å²) in [6, 6.07) is 2.00. The van der Waals surface area contributed by atoms with Gasteiger partial charge in [-0.25, -0.2) is 4.98 Å². The summed E-state index contributed by atoms with van der Waals surface area (Å²) in [4.78, 5) is 10.6. The fourth-order valence-electron chi connectivity index (χ4n) is 2.62. The number of nitrogen functional groups attached to an aromatic ring is 1. The first-order chi connectivity index (χ1) is 8.15. The van der Waals surface area contributed by atoms with Crippen LogP contribution in [-0.2, 0) is 0 Å². The lowest BCUT2D eigenvalue weighted by molar-refractivity contribution is 0.361. The third kappa shape index (κ3) is 3.32. The van der Waals surface area contributed by atoms with Gasteiger partial charge in [-0.2, -0.15) is 4.98 Å². The van der Waals surface area contributed by atoms with E-state index in [-0.39, 0.29) is 0 Å². The quantitative estimate of drug-likeness (QED) is 0.872. The maximum atomic E-state index is 5.68. The van der Waals surface area contributed by atoms with Crippen molar-refractivity contribution in [1.82, 2.24) is 9.97 Å². The summed E-state index contributed by atoms with van der Waals surface area (Å²) in [5.74, 6) is 2.13. The minimum atomic E-state index is 0.371. The van der Waals surface area contributed by atoms with Gasteiger partial charge >= 0.3 is 0 Å². The van der Waals surface area contributed by atoms with E-state index in [9.17, 15) is 0 Å². The number of hydrogen-bond donors (Lipinski definition) is 1. The van der Waals surface area contributed by atoms with Crippen LogP contribution in [0.3, 0.4) is 0 Å². The zero-order valence-electron chi connectivity index (χ0n) is 10.8. The third-order valence-corrected chi connectivity index (χ3v) is 3.51. The first kappa shape index (κ1) is 12.1. The number of anilines is 2. The van der Waals surface area contributed by atoms with E-state index in [1.54, 1.807) is 0 Å². The van der Waals surface area contributed by atoms with Crippen LogP contribution in [0.15, 0.2) is 6.07 Å². The average Bonchev–Trinajstić information content (AvgIpc) is 2.29. The summed E-state index contributed by atoms with van der Waals surface area (Å²) in [7, 11) is 2.09. The fraction of sp³-hybridized carbons (Fsp3) is 0.692. The van der Waals surface area contributed by atoms with E-state index in [4.69, 9.17) is 5.73 Å². The molecule has 1 aromatic heterocycles. The number of nitrogens with two attached hydrogens (primary N) is 1. The van der Waals surface area contributed by atoms with Gasteiger partial charge in [0.1, 0.15) is 5.82 Å². The summed E-state index contributed by atoms with van der Waals surface area (Å²) in [6.07, 6.45) is 6.86. The van der Waals surface area contributed by atoms with Crippen molar-refractivity contribution in [2.75, 3.05) is 24.2 Å². The van der Waals surface area contributed by atoms with E-state index < -0.39 is 0 Å². The maximum Gasteiger partial charge on any atom is 0.222 e. The van der Waals surface area contributed by atoms with Gasteiger partial charge in [-0.1, -0.05) is 19.3 Å². The van der Waals surface area contributed by atoms with E-state index in [1.165, 1.54) is 32.1 Å². The molecule has 1 heterocycles. The Morgan fingerprint density at radius 2 is 2.00 bits per heavy atom. The zero-order chi connectivity index (χ0) is 12.3. The van der Waals surface area contributed by atoms with Crippen LogP contribution in [0.1, 0.15) is 37.8 Å². The Bertz CT molecular complexity index is 351. The monoisotopic (exact) mass is 234 g/mol. The molecule has 0 spiro atoms. The summed E-state index contributed by atoms with van der Waals surface area (Å²) < 4.78 is 0. The van der Waals surface area contributed by atoms with Crippen molar-refractivity contribution >= 4 is 11.8 Å². The first-order valence-electron chi connectivity index (χ1n) is 6.47. The molecule has 0 saturated heterocycles. The largest absolute Gasteiger partial charge is 0.368 e. The Balaban J connectivity index is 2.00. The Labute approximate surface area is 103 Å². The Morgan fingerprint density at radius 3 is 2.65 bits per heavy atom. The topological polar surface area (TPSA) is 55.0 Å². The molecule has 4 nitrogen and oxygen atoms in total. The van der Waals surface area contributed by atoms with E-state index >= 15 is 0 Å². The van der Waals surface area contributed by atoms with Crippen LogP contribution in [0.25, 0.3) is 0 Å². The molecule has 0 amide bonds. The van der Waals surface area contributed by atoms with E-state index in [0.717, 1.165) is 24.0 Å². The van der Waals surface area contributed by atoms with Crippen LogP contribution < -0.4 is 10.6 Å². The van der Waals surface area contributed by atoms with Crippen molar-refractivity contribution in [2.45, 2.75) is 39.0 Å². The molecule has 0 unspecified atom stereocenters. The van der Waals surface area contributed by atoms with Crippen LogP contribution in [-0.4, -0.2) is 23.6 Å². The lowest BCUT2D eigenvalue weighted by Gasteiger charge is -2.27. The number of rotatable bonds is 3. The van der Waals surface area contributed by atoms with Crippen molar-refractivity contribution in [1.29, 1.82) is 0 Å². The fourth-order valence-corrected chi connectivity index (χ4v) is 2.62. The number of aryl methyl sites for hydroxylation is 1. The molecule has 4 heteroatoms. The van der Waals surface area contributed by atoms with Crippen LogP contribution in [0.5, 0.6) is 0 Å². The van der Waals surface area contributed by atoms with Gasteiger partial charge in [-0.05, 0) is 25.7 Å². The Morgan fingerprint density at radius 1 is 1.29 bits per heavy atom. The van der Waals surface area contributed by atoms with Crippen molar-refractivity contribution in [3.8, 4) is 0 Å². The van der Waals surface area contributed by atoms with Gasteiger partial charge in [0.15, 0.2) is 0 Å². The molecular formula is C13H22N4. The van der Waals surface area contributed by atoms with Gasteiger partial charge < -0.3 is 10.6 Å². The molecule has 1 aliphatic rings. The lowest BCUT2D eigenvalue weighted by atomic mass is 9.89. The van der Waals surface area contributed by atoms with Gasteiger partial charge in [-0.3, -0.25) is 0 Å². The van der Waals surface area contributed by atoms with Crippen molar-refractivity contribution in [3.63, 3.8) is 0 Å². The second-order valence-corrected chi connectivity index (χ2v) is 5.11. The molecule has 94 valence electrons. The highest BCUT2D eigenvalue weighted by Gasteiger charge is 2.16. The summed E-state index contributed by atoms with van der Waals surface area (Å²) in [5, 5.41) is 0. The normalized spacial score (nSPS) is 17.1. The highest BCUT2D eigenvalue weighted by molar-refractivity contribution is 5.42. The van der Waals surface area contributed by atoms with Gasteiger partial charge in [0.2, 0.25) is 5.95 Å². The minimum absolute atomic E-state index is 0.371. The van der Waals surface area contributed by atoms with Gasteiger partial charge in [-0.15, -0.1) is 0 Å². The number of nitrogens with zero attached hydrogens (tertiary/aromatic N) is 3. The molecule has 17 heavy (non-hydrogen) atoms. The molecule has 1 fully saturated rings. The molecule has 1 saturated carbocycles. The SMILES string of the molecule is Cc1cc(N(C)CC2CCCCC2)nc(N)n1. The number of hydrogen-bond acceptors (Lipinski definition) is 4. The second kappa shape index (κ2) is 5.34. The Kier molecular flexibility index (Phi) is 3.82. The summed E-state index contributed by atoms with van der Waals surface area (Å²) in [6.45, 7) is 3.03. The van der Waals surface area contributed by atoms with Crippen LogP contribution >= 0.6 is 0 Å². The predicted octanol–water partition coefficient (Wildman–Crippen LogP) is 2.38. The van der Waals surface area contributed by atoms with Gasteiger partial charge in [0.25, 0.3) is 0 Å². The van der Waals surface area contributed by atoms with Crippen molar-refractivity contribution in [3.05, 3.63) is 11.8 Å². The molecule has 0 aliphatic heterocycles. The highest BCUT2D eigenvalue weighted by Crippen LogP contribution is 2.25. The van der Waals surface area contributed by atoms with Gasteiger partial charge in [0.05, 0.1) is 0 Å². The zero-order valence-corrected chi connectivity index (χ0v) is 10.8. The van der Waals surface area contributed by atoms with E-state index in [0.29, 0.717) is 5.95 Å². The standard InChI is InChI=1S/C13H22N4/c1-10-8-12(16-13(14)15-10)17(2)9-11-6-4-3-5-7-11/h8,11H,3-7,9H2,1-2H3,(H2,14,15,16). The highest BCUT2D eigenvalue weighted by atomic mass is 15.2. The summed E-state index contributed by atoms with van der Waals surface area (Å²) >= 11 is 0. The molecule has 2 N–H and O–H groups in total. The summed E-state index contributed by atoms with van der Waals surface area (Å²) in [5.41, 5.74) is 6.61. The van der Waals surface area contributed by atoms with Crippen molar-refractivity contribution < 1.29 is 0 Å². The minimum Gasteiger partial charge on any atom is -0.368 e. The molecule has 0 aromatic carbocycles. The molecule has 0 atom stereocenters. The smallest absolute Gasteiger partial charge is 0.222 e. The molecule has 0 bridgehead atoms. The average molecular weight is 234 g/mol. The van der Waals surface area contributed by atoms with Gasteiger partial charge in [0, 0.05) is 25.4 Å².